The molecule has 3 aromatic rings. The van der Waals surface area contributed by atoms with Crippen LogP contribution in [0.2, 0.25) is 5.02 Å². The highest BCUT2D eigenvalue weighted by atomic mass is 35.5. The number of ether oxygens (including phenoxy) is 1. The number of likely N-dealkylation sites (tertiary alicyclic amines) is 1. The molecule has 2 heterocycles. The minimum Gasteiger partial charge on any atom is -0.496 e. The largest absolute Gasteiger partial charge is 0.496 e. The van der Waals surface area contributed by atoms with Gasteiger partial charge in [0.2, 0.25) is 0 Å². The van der Waals surface area contributed by atoms with Crippen LogP contribution in [0.1, 0.15) is 24.1 Å². The number of rotatable bonds is 4. The molecule has 140 valence electrons. The number of benzene rings is 2. The molecule has 0 saturated carbocycles. The van der Waals surface area contributed by atoms with Crippen molar-refractivity contribution in [2.75, 3.05) is 20.2 Å². The quantitative estimate of drug-likeness (QED) is 0.727. The first kappa shape index (κ1) is 18.2. The molecular weight excluding hydrogens is 360 g/mol. The number of pyridine rings is 1. The first-order chi connectivity index (χ1) is 13.1. The van der Waals surface area contributed by atoms with Gasteiger partial charge in [-0.05, 0) is 31.0 Å². The van der Waals surface area contributed by atoms with E-state index in [1.807, 2.05) is 42.5 Å². The Morgan fingerprint density at radius 1 is 1.07 bits per heavy atom. The number of piperidine rings is 1. The van der Waals surface area contributed by atoms with Crippen LogP contribution in [-0.2, 0) is 12.1 Å². The van der Waals surface area contributed by atoms with Crippen LogP contribution in [0, 0.1) is 0 Å². The normalized spacial score (nSPS) is 17.1. The van der Waals surface area contributed by atoms with Crippen LogP contribution in [-0.4, -0.2) is 35.2 Å². The number of methoxy groups -OCH3 is 1. The molecule has 1 N–H and O–H groups in total. The number of fused-ring (bicyclic) bond motifs is 1. The van der Waals surface area contributed by atoms with Crippen LogP contribution in [0.5, 0.6) is 5.75 Å². The molecule has 0 spiro atoms. The first-order valence-electron chi connectivity index (χ1n) is 9.21. The lowest BCUT2D eigenvalue weighted by Crippen LogP contribution is -2.42. The van der Waals surface area contributed by atoms with E-state index < -0.39 is 5.60 Å². The average Bonchev–Trinajstić information content (AvgIpc) is 2.70. The van der Waals surface area contributed by atoms with E-state index in [2.05, 4.69) is 17.0 Å². The van der Waals surface area contributed by atoms with Gasteiger partial charge in [-0.25, -0.2) is 4.98 Å². The van der Waals surface area contributed by atoms with Crippen molar-refractivity contribution < 1.29 is 9.84 Å². The molecule has 27 heavy (non-hydrogen) atoms. The lowest BCUT2D eigenvalue weighted by atomic mass is 9.84. The van der Waals surface area contributed by atoms with E-state index in [0.29, 0.717) is 17.9 Å². The van der Waals surface area contributed by atoms with Gasteiger partial charge in [-0.2, -0.15) is 0 Å². The Balaban J connectivity index is 1.47. The number of hydrogen-bond acceptors (Lipinski definition) is 4. The van der Waals surface area contributed by atoms with Crippen LogP contribution >= 0.6 is 11.6 Å². The maximum Gasteiger partial charge on any atom is 0.124 e. The third-order valence-corrected chi connectivity index (χ3v) is 5.71. The van der Waals surface area contributed by atoms with Gasteiger partial charge in [0, 0.05) is 30.6 Å². The monoisotopic (exact) mass is 382 g/mol. The lowest BCUT2D eigenvalue weighted by Gasteiger charge is -2.39. The van der Waals surface area contributed by atoms with Crippen molar-refractivity contribution in [3.63, 3.8) is 0 Å². The molecule has 5 heteroatoms. The highest BCUT2D eigenvalue weighted by Crippen LogP contribution is 2.38. The van der Waals surface area contributed by atoms with Crippen molar-refractivity contribution in [1.82, 2.24) is 9.88 Å². The fraction of sp³-hybridized carbons (Fsp3) is 0.318. The fourth-order valence-corrected chi connectivity index (χ4v) is 4.07. The van der Waals surface area contributed by atoms with E-state index in [-0.39, 0.29) is 0 Å². The van der Waals surface area contributed by atoms with Gasteiger partial charge in [-0.1, -0.05) is 48.0 Å². The van der Waals surface area contributed by atoms with Gasteiger partial charge in [-0.3, -0.25) is 4.90 Å². The molecule has 1 aromatic heterocycles. The van der Waals surface area contributed by atoms with Crippen LogP contribution < -0.4 is 4.74 Å². The van der Waals surface area contributed by atoms with Crippen molar-refractivity contribution in [3.8, 4) is 5.75 Å². The van der Waals surface area contributed by atoms with Gasteiger partial charge in [0.1, 0.15) is 5.75 Å². The van der Waals surface area contributed by atoms with Gasteiger partial charge in [0.25, 0.3) is 0 Å². The molecule has 1 fully saturated rings. The van der Waals surface area contributed by atoms with Crippen molar-refractivity contribution in [1.29, 1.82) is 0 Å². The Kier molecular flexibility index (Phi) is 5.04. The van der Waals surface area contributed by atoms with Crippen molar-refractivity contribution in [2.24, 2.45) is 0 Å². The molecule has 1 saturated heterocycles. The highest BCUT2D eigenvalue weighted by Gasteiger charge is 2.36. The summed E-state index contributed by atoms with van der Waals surface area (Å²) in [4.78, 5) is 7.06. The first-order valence-corrected chi connectivity index (χ1v) is 9.59. The molecule has 0 amide bonds. The summed E-state index contributed by atoms with van der Waals surface area (Å²) < 4.78 is 5.44. The molecule has 4 nitrogen and oxygen atoms in total. The molecule has 0 bridgehead atoms. The summed E-state index contributed by atoms with van der Waals surface area (Å²) in [6.45, 7) is 2.36. The Morgan fingerprint density at radius 3 is 2.63 bits per heavy atom. The molecule has 4 rings (SSSR count). The fourth-order valence-electron chi connectivity index (χ4n) is 3.85. The topological polar surface area (TPSA) is 45.6 Å². The van der Waals surface area contributed by atoms with Gasteiger partial charge >= 0.3 is 0 Å². The summed E-state index contributed by atoms with van der Waals surface area (Å²) in [5.41, 5.74) is 1.88. The zero-order chi connectivity index (χ0) is 18.9. The Morgan fingerprint density at radius 2 is 1.85 bits per heavy atom. The zero-order valence-corrected chi connectivity index (χ0v) is 16.1. The van der Waals surface area contributed by atoms with Gasteiger partial charge in [0.15, 0.2) is 0 Å². The standard InChI is InChI=1S/C22H23ClN2O2/c1-27-20-8-3-2-6-18(20)22(26)11-13-25(14-12-22)15-17-10-9-16-5-4-7-19(23)21(16)24-17/h2-10,26H,11-15H2,1H3. The minimum absolute atomic E-state index is 0.668. The average molecular weight is 383 g/mol. The third-order valence-electron chi connectivity index (χ3n) is 5.41. The summed E-state index contributed by atoms with van der Waals surface area (Å²) in [5.74, 6) is 0.749. The lowest BCUT2D eigenvalue weighted by molar-refractivity contribution is -0.0294. The van der Waals surface area contributed by atoms with E-state index in [1.54, 1.807) is 7.11 Å². The maximum atomic E-state index is 11.2. The molecule has 1 aliphatic rings. The Labute approximate surface area is 164 Å². The minimum atomic E-state index is -0.844. The molecule has 2 aromatic carbocycles. The Bertz CT molecular complexity index is 952. The number of aromatic nitrogens is 1. The van der Waals surface area contributed by atoms with E-state index in [4.69, 9.17) is 21.3 Å². The SMILES string of the molecule is COc1ccccc1C1(O)CCN(Cc2ccc3cccc(Cl)c3n2)CC1. The van der Waals surface area contributed by atoms with E-state index >= 15 is 0 Å². The van der Waals surface area contributed by atoms with Crippen LogP contribution in [0.15, 0.2) is 54.6 Å². The highest BCUT2D eigenvalue weighted by molar-refractivity contribution is 6.35. The van der Waals surface area contributed by atoms with Crippen LogP contribution in [0.4, 0.5) is 0 Å². The smallest absolute Gasteiger partial charge is 0.124 e. The predicted molar refractivity (Wildman–Crippen MR) is 108 cm³/mol. The predicted octanol–water partition coefficient (Wildman–Crippen LogP) is 4.38. The summed E-state index contributed by atoms with van der Waals surface area (Å²) in [7, 11) is 1.65. The number of aliphatic hydroxyl groups is 1. The summed E-state index contributed by atoms with van der Waals surface area (Å²) >= 11 is 6.28. The molecule has 0 atom stereocenters. The second kappa shape index (κ2) is 7.47. The maximum absolute atomic E-state index is 11.2. The van der Waals surface area contributed by atoms with Crippen LogP contribution in [0.25, 0.3) is 10.9 Å². The zero-order valence-electron chi connectivity index (χ0n) is 15.4. The number of hydrogen-bond donors (Lipinski definition) is 1. The second-order valence-corrected chi connectivity index (χ2v) is 7.53. The van der Waals surface area contributed by atoms with E-state index in [9.17, 15) is 5.11 Å². The van der Waals surface area contributed by atoms with Gasteiger partial charge in [-0.15, -0.1) is 0 Å². The van der Waals surface area contributed by atoms with Crippen molar-refractivity contribution in [3.05, 3.63) is 70.9 Å². The molecule has 0 unspecified atom stereocenters. The van der Waals surface area contributed by atoms with Gasteiger partial charge in [0.05, 0.1) is 28.9 Å². The van der Waals surface area contributed by atoms with Gasteiger partial charge < -0.3 is 9.84 Å². The second-order valence-electron chi connectivity index (χ2n) is 7.12. The third kappa shape index (κ3) is 3.65. The van der Waals surface area contributed by atoms with E-state index in [0.717, 1.165) is 47.5 Å². The number of nitrogens with zero attached hydrogens (tertiary/aromatic N) is 2. The summed E-state index contributed by atoms with van der Waals surface area (Å²) in [6.07, 6.45) is 1.34. The van der Waals surface area contributed by atoms with Crippen molar-refractivity contribution >= 4 is 22.5 Å². The molecule has 0 radical (unpaired) electrons. The van der Waals surface area contributed by atoms with E-state index in [1.165, 1.54) is 0 Å². The summed E-state index contributed by atoms with van der Waals surface area (Å²) in [5, 5.41) is 12.9. The molecule has 0 aliphatic carbocycles. The molecular formula is C22H23ClN2O2. The number of para-hydroxylation sites is 2. The van der Waals surface area contributed by atoms with Crippen molar-refractivity contribution in [2.45, 2.75) is 25.0 Å². The summed E-state index contributed by atoms with van der Waals surface area (Å²) in [6, 6.07) is 17.7. The molecule has 1 aliphatic heterocycles. The number of halogens is 1. The van der Waals surface area contributed by atoms with Crippen LogP contribution in [0.3, 0.4) is 0 Å². The Hall–Kier alpha value is -2.14.